The Hall–Kier alpha value is -3.68. The lowest BCUT2D eigenvalue weighted by molar-refractivity contribution is -0.384. The molecule has 1 amide bonds. The number of carbonyl (C=O) groups is 1. The van der Waals surface area contributed by atoms with Crippen LogP contribution in [0.3, 0.4) is 0 Å². The van der Waals surface area contributed by atoms with Gasteiger partial charge in [0, 0.05) is 24.7 Å². The van der Waals surface area contributed by atoms with Crippen molar-refractivity contribution in [3.8, 4) is 11.3 Å². The third-order valence-corrected chi connectivity index (χ3v) is 5.60. The molecular weight excluding hydrogens is 394 g/mol. The number of H-pyrrole nitrogens is 1. The number of anilines is 1. The van der Waals surface area contributed by atoms with Crippen molar-refractivity contribution in [3.63, 3.8) is 0 Å². The largest absolute Gasteiger partial charge is 0.366 e. The summed E-state index contributed by atoms with van der Waals surface area (Å²) >= 11 is 0. The number of rotatable bonds is 7. The van der Waals surface area contributed by atoms with E-state index in [9.17, 15) is 14.9 Å². The molecule has 0 radical (unpaired) electrons. The summed E-state index contributed by atoms with van der Waals surface area (Å²) in [4.78, 5) is 33.8. The van der Waals surface area contributed by atoms with E-state index < -0.39 is 4.92 Å². The number of nitro benzene ring substituents is 1. The number of benzene rings is 2. The molecule has 1 aromatic heterocycles. The molecule has 1 saturated heterocycles. The van der Waals surface area contributed by atoms with Crippen molar-refractivity contribution in [3.05, 3.63) is 76.2 Å². The number of carbonyl (C=O) groups excluding carboxylic acids is 1. The Labute approximate surface area is 180 Å². The monoisotopic (exact) mass is 419 g/mol. The average molecular weight is 419 g/mol. The standard InChI is InChI=1S/C23H25N5O3/c1-2-18(22-24-15-19(25-22)16-8-4-3-5-9-16)26-23(29)17-10-11-20(21(14-17)28(30)31)27-12-6-7-13-27/h3-5,8-11,14-15,18H,2,6-7,12-13H2,1H3,(H,24,25)(H,26,29). The number of aromatic amines is 1. The van der Waals surface area contributed by atoms with Crippen molar-refractivity contribution >= 4 is 17.3 Å². The first-order valence-corrected chi connectivity index (χ1v) is 10.5. The fraction of sp³-hybridized carbons (Fsp3) is 0.304. The molecule has 0 bridgehead atoms. The van der Waals surface area contributed by atoms with E-state index in [1.54, 1.807) is 18.3 Å². The van der Waals surface area contributed by atoms with Gasteiger partial charge < -0.3 is 15.2 Å². The van der Waals surface area contributed by atoms with Gasteiger partial charge >= 0.3 is 0 Å². The van der Waals surface area contributed by atoms with Crippen LogP contribution < -0.4 is 10.2 Å². The number of nitro groups is 1. The van der Waals surface area contributed by atoms with Crippen LogP contribution in [0.15, 0.2) is 54.7 Å². The number of hydrogen-bond donors (Lipinski definition) is 2. The van der Waals surface area contributed by atoms with Crippen LogP contribution in [0.25, 0.3) is 11.3 Å². The van der Waals surface area contributed by atoms with Gasteiger partial charge in [0.2, 0.25) is 0 Å². The summed E-state index contributed by atoms with van der Waals surface area (Å²) in [7, 11) is 0. The lowest BCUT2D eigenvalue weighted by Crippen LogP contribution is -2.29. The van der Waals surface area contributed by atoms with Gasteiger partial charge in [0.1, 0.15) is 11.5 Å². The second kappa shape index (κ2) is 8.99. The van der Waals surface area contributed by atoms with E-state index >= 15 is 0 Å². The van der Waals surface area contributed by atoms with Crippen LogP contribution in [0.5, 0.6) is 0 Å². The van der Waals surface area contributed by atoms with Crippen LogP contribution in [0, 0.1) is 10.1 Å². The van der Waals surface area contributed by atoms with E-state index in [1.165, 1.54) is 6.07 Å². The minimum atomic E-state index is -0.416. The van der Waals surface area contributed by atoms with Gasteiger partial charge in [-0.15, -0.1) is 0 Å². The predicted octanol–water partition coefficient (Wildman–Crippen LogP) is 4.47. The highest BCUT2D eigenvalue weighted by Gasteiger charge is 2.25. The Kier molecular flexibility index (Phi) is 5.97. The van der Waals surface area contributed by atoms with Gasteiger partial charge in [-0.1, -0.05) is 37.3 Å². The Bertz CT molecular complexity index is 1070. The predicted molar refractivity (Wildman–Crippen MR) is 119 cm³/mol. The number of imidazole rings is 1. The molecule has 2 aromatic carbocycles. The molecule has 31 heavy (non-hydrogen) atoms. The zero-order chi connectivity index (χ0) is 21.8. The molecule has 0 aliphatic carbocycles. The normalized spacial score (nSPS) is 14.4. The van der Waals surface area contributed by atoms with E-state index in [0.29, 0.717) is 17.9 Å². The molecule has 0 spiro atoms. The summed E-state index contributed by atoms with van der Waals surface area (Å²) in [6.07, 6.45) is 4.41. The van der Waals surface area contributed by atoms with Crippen molar-refractivity contribution in [2.24, 2.45) is 0 Å². The highest BCUT2D eigenvalue weighted by atomic mass is 16.6. The third-order valence-electron chi connectivity index (χ3n) is 5.60. The number of hydrogen-bond acceptors (Lipinski definition) is 5. The Balaban J connectivity index is 1.53. The van der Waals surface area contributed by atoms with Crippen molar-refractivity contribution in [2.45, 2.75) is 32.2 Å². The van der Waals surface area contributed by atoms with Crippen molar-refractivity contribution in [2.75, 3.05) is 18.0 Å². The molecule has 1 aliphatic rings. The van der Waals surface area contributed by atoms with Crippen LogP contribution in [0.1, 0.15) is 48.4 Å². The minimum Gasteiger partial charge on any atom is -0.366 e. The second-order valence-corrected chi connectivity index (χ2v) is 7.64. The summed E-state index contributed by atoms with van der Waals surface area (Å²) in [5.41, 5.74) is 2.68. The molecule has 3 aromatic rings. The molecule has 1 fully saturated rings. The molecular formula is C23H25N5O3. The minimum absolute atomic E-state index is 0.0352. The van der Waals surface area contributed by atoms with Gasteiger partial charge in [-0.3, -0.25) is 14.9 Å². The van der Waals surface area contributed by atoms with Crippen molar-refractivity contribution in [1.82, 2.24) is 15.3 Å². The van der Waals surface area contributed by atoms with Crippen LogP contribution in [-0.4, -0.2) is 33.9 Å². The summed E-state index contributed by atoms with van der Waals surface area (Å²) in [6.45, 7) is 3.55. The molecule has 2 N–H and O–H groups in total. The first kappa shape index (κ1) is 20.6. The van der Waals surface area contributed by atoms with Gasteiger partial charge in [-0.25, -0.2) is 4.98 Å². The summed E-state index contributed by atoms with van der Waals surface area (Å²) in [5, 5.41) is 14.6. The zero-order valence-corrected chi connectivity index (χ0v) is 17.4. The number of nitrogens with one attached hydrogen (secondary N) is 2. The molecule has 8 nitrogen and oxygen atoms in total. The van der Waals surface area contributed by atoms with Crippen LogP contribution in [0.4, 0.5) is 11.4 Å². The van der Waals surface area contributed by atoms with Crippen molar-refractivity contribution in [1.29, 1.82) is 0 Å². The van der Waals surface area contributed by atoms with Crippen LogP contribution in [-0.2, 0) is 0 Å². The SMILES string of the molecule is CCC(NC(=O)c1ccc(N2CCCC2)c([N+](=O)[O-])c1)c1ncc(-c2ccccc2)[nH]1. The van der Waals surface area contributed by atoms with Gasteiger partial charge in [0.05, 0.1) is 22.9 Å². The third kappa shape index (κ3) is 4.42. The van der Waals surface area contributed by atoms with Gasteiger partial charge in [-0.05, 0) is 37.0 Å². The summed E-state index contributed by atoms with van der Waals surface area (Å²) in [6, 6.07) is 14.2. The van der Waals surface area contributed by atoms with Gasteiger partial charge in [-0.2, -0.15) is 0 Å². The Morgan fingerprint density at radius 2 is 1.97 bits per heavy atom. The maximum absolute atomic E-state index is 12.9. The summed E-state index contributed by atoms with van der Waals surface area (Å²) < 4.78 is 0. The molecule has 1 unspecified atom stereocenters. The number of amides is 1. The molecule has 1 aliphatic heterocycles. The van der Waals surface area contributed by atoms with E-state index in [4.69, 9.17) is 0 Å². The molecule has 160 valence electrons. The smallest absolute Gasteiger partial charge is 0.293 e. The van der Waals surface area contributed by atoms with E-state index in [0.717, 1.165) is 37.2 Å². The lowest BCUT2D eigenvalue weighted by Gasteiger charge is -2.18. The highest BCUT2D eigenvalue weighted by Crippen LogP contribution is 2.32. The second-order valence-electron chi connectivity index (χ2n) is 7.64. The van der Waals surface area contributed by atoms with E-state index in [-0.39, 0.29) is 23.2 Å². The highest BCUT2D eigenvalue weighted by molar-refractivity contribution is 5.96. The maximum atomic E-state index is 12.9. The molecule has 4 rings (SSSR count). The molecule has 0 saturated carbocycles. The van der Waals surface area contributed by atoms with E-state index in [2.05, 4.69) is 15.3 Å². The molecule has 2 heterocycles. The molecule has 1 atom stereocenters. The Morgan fingerprint density at radius 3 is 2.65 bits per heavy atom. The quantitative estimate of drug-likeness (QED) is 0.434. The number of nitrogens with zero attached hydrogens (tertiary/aromatic N) is 3. The van der Waals surface area contributed by atoms with Crippen LogP contribution in [0.2, 0.25) is 0 Å². The molecule has 8 heteroatoms. The lowest BCUT2D eigenvalue weighted by atomic mass is 10.1. The summed E-state index contributed by atoms with van der Waals surface area (Å²) in [5.74, 6) is 0.290. The zero-order valence-electron chi connectivity index (χ0n) is 17.4. The average Bonchev–Trinajstić information content (AvgIpc) is 3.50. The van der Waals surface area contributed by atoms with Crippen LogP contribution >= 0.6 is 0 Å². The number of aromatic nitrogens is 2. The van der Waals surface area contributed by atoms with Gasteiger partial charge in [0.15, 0.2) is 0 Å². The van der Waals surface area contributed by atoms with Gasteiger partial charge in [0.25, 0.3) is 11.6 Å². The van der Waals surface area contributed by atoms with Crippen molar-refractivity contribution < 1.29 is 9.72 Å². The fourth-order valence-electron chi connectivity index (χ4n) is 3.92. The Morgan fingerprint density at radius 1 is 1.23 bits per heavy atom. The topological polar surface area (TPSA) is 104 Å². The first-order valence-electron chi connectivity index (χ1n) is 10.5. The first-order chi connectivity index (χ1) is 15.1. The maximum Gasteiger partial charge on any atom is 0.293 e. The van der Waals surface area contributed by atoms with E-state index in [1.807, 2.05) is 42.2 Å². The fourth-order valence-corrected chi connectivity index (χ4v) is 3.92.